The summed E-state index contributed by atoms with van der Waals surface area (Å²) in [5.74, 6) is -0.0949. The van der Waals surface area contributed by atoms with E-state index in [0.29, 0.717) is 10.7 Å². The van der Waals surface area contributed by atoms with Crippen LogP contribution in [0.3, 0.4) is 0 Å². The second-order valence-electron chi connectivity index (χ2n) is 4.56. The number of benzene rings is 2. The molecule has 2 rings (SSSR count). The van der Waals surface area contributed by atoms with Gasteiger partial charge in [-0.2, -0.15) is 0 Å². The van der Waals surface area contributed by atoms with Crippen molar-refractivity contribution in [2.75, 3.05) is 5.32 Å². The number of nitrogens with one attached hydrogen (secondary N) is 1. The molecule has 0 aliphatic carbocycles. The Kier molecular flexibility index (Phi) is 4.64. The molecule has 0 heterocycles. The van der Waals surface area contributed by atoms with Crippen molar-refractivity contribution in [1.29, 1.82) is 0 Å². The monoisotopic (exact) mass is 289 g/mol. The van der Waals surface area contributed by atoms with E-state index < -0.39 is 0 Å². The molecule has 2 N–H and O–H groups in total. The Balaban J connectivity index is 2.06. The van der Waals surface area contributed by atoms with E-state index in [1.807, 2.05) is 25.1 Å². The summed E-state index contributed by atoms with van der Waals surface area (Å²) in [5, 5.41) is 13.1. The quantitative estimate of drug-likeness (QED) is 0.841. The van der Waals surface area contributed by atoms with Crippen LogP contribution >= 0.6 is 11.6 Å². The minimum atomic E-state index is -0.170. The van der Waals surface area contributed by atoms with Gasteiger partial charge < -0.3 is 10.4 Å². The number of phenols is 1. The predicted molar refractivity (Wildman–Crippen MR) is 81.3 cm³/mol. The fourth-order valence-electron chi connectivity index (χ4n) is 1.89. The van der Waals surface area contributed by atoms with Crippen molar-refractivity contribution in [2.45, 2.75) is 19.8 Å². The number of hydrogen-bond donors (Lipinski definition) is 2. The topological polar surface area (TPSA) is 49.3 Å². The van der Waals surface area contributed by atoms with Crippen LogP contribution in [0.15, 0.2) is 42.5 Å². The summed E-state index contributed by atoms with van der Waals surface area (Å²) in [6, 6.07) is 12.3. The van der Waals surface area contributed by atoms with Crippen molar-refractivity contribution < 1.29 is 9.90 Å². The molecule has 0 bridgehead atoms. The average Bonchev–Trinajstić information content (AvgIpc) is 2.44. The SMILES string of the molecule is CCc1ccc(O)c(NC(=O)Cc2ccc(Cl)cc2)c1. The highest BCUT2D eigenvalue weighted by Crippen LogP contribution is 2.24. The first-order valence-electron chi connectivity index (χ1n) is 6.44. The molecule has 1 amide bonds. The lowest BCUT2D eigenvalue weighted by atomic mass is 10.1. The molecule has 0 saturated carbocycles. The van der Waals surface area contributed by atoms with Crippen LogP contribution < -0.4 is 5.32 Å². The Bertz CT molecular complexity index is 608. The lowest BCUT2D eigenvalue weighted by molar-refractivity contribution is -0.115. The molecule has 0 aliphatic heterocycles. The molecule has 2 aromatic carbocycles. The zero-order valence-electron chi connectivity index (χ0n) is 11.2. The standard InChI is InChI=1S/C16H16ClNO2/c1-2-11-5-8-15(19)14(9-11)18-16(20)10-12-3-6-13(17)7-4-12/h3-9,19H,2,10H2,1H3,(H,18,20). The maximum Gasteiger partial charge on any atom is 0.228 e. The maximum absolute atomic E-state index is 12.0. The molecule has 2 aromatic rings. The Labute approximate surface area is 123 Å². The molecule has 0 fully saturated rings. The minimum Gasteiger partial charge on any atom is -0.506 e. The highest BCUT2D eigenvalue weighted by atomic mass is 35.5. The van der Waals surface area contributed by atoms with Gasteiger partial charge in [-0.15, -0.1) is 0 Å². The molecule has 0 atom stereocenters. The van der Waals surface area contributed by atoms with Gasteiger partial charge in [0.25, 0.3) is 0 Å². The zero-order chi connectivity index (χ0) is 14.5. The van der Waals surface area contributed by atoms with E-state index in [1.165, 1.54) is 0 Å². The van der Waals surface area contributed by atoms with Gasteiger partial charge in [0.15, 0.2) is 0 Å². The third-order valence-electron chi connectivity index (χ3n) is 3.02. The fourth-order valence-corrected chi connectivity index (χ4v) is 2.01. The minimum absolute atomic E-state index is 0.0756. The molecule has 0 aliphatic rings. The van der Waals surface area contributed by atoms with Crippen molar-refractivity contribution in [2.24, 2.45) is 0 Å². The number of aromatic hydroxyl groups is 1. The molecule has 0 aromatic heterocycles. The number of aryl methyl sites for hydroxylation is 1. The van der Waals surface area contributed by atoms with Crippen molar-refractivity contribution in [3.05, 3.63) is 58.6 Å². The number of carbonyl (C=O) groups excluding carboxylic acids is 1. The van der Waals surface area contributed by atoms with E-state index >= 15 is 0 Å². The summed E-state index contributed by atoms with van der Waals surface area (Å²) < 4.78 is 0. The molecule has 20 heavy (non-hydrogen) atoms. The Morgan fingerprint density at radius 1 is 1.15 bits per heavy atom. The molecule has 0 unspecified atom stereocenters. The number of amides is 1. The molecular weight excluding hydrogens is 274 g/mol. The Morgan fingerprint density at radius 2 is 1.80 bits per heavy atom. The largest absolute Gasteiger partial charge is 0.506 e. The molecule has 3 nitrogen and oxygen atoms in total. The second-order valence-corrected chi connectivity index (χ2v) is 4.99. The van der Waals surface area contributed by atoms with Crippen LogP contribution in [-0.4, -0.2) is 11.0 Å². The smallest absolute Gasteiger partial charge is 0.228 e. The van der Waals surface area contributed by atoms with Crippen LogP contribution in [0.25, 0.3) is 0 Å². The molecule has 0 radical (unpaired) electrons. The highest BCUT2D eigenvalue weighted by Gasteiger charge is 2.08. The normalized spacial score (nSPS) is 10.3. The van der Waals surface area contributed by atoms with Crippen molar-refractivity contribution in [3.8, 4) is 5.75 Å². The van der Waals surface area contributed by atoms with Crippen molar-refractivity contribution in [1.82, 2.24) is 0 Å². The Hall–Kier alpha value is -2.00. The first kappa shape index (κ1) is 14.4. The summed E-state index contributed by atoms with van der Waals surface area (Å²) >= 11 is 5.80. The van der Waals surface area contributed by atoms with Gasteiger partial charge in [-0.25, -0.2) is 0 Å². The van der Waals surface area contributed by atoms with E-state index in [1.54, 1.807) is 24.3 Å². The third-order valence-corrected chi connectivity index (χ3v) is 3.27. The van der Waals surface area contributed by atoms with Gasteiger partial charge in [0.2, 0.25) is 5.91 Å². The summed E-state index contributed by atoms with van der Waals surface area (Å²) in [7, 11) is 0. The van der Waals surface area contributed by atoms with Gasteiger partial charge in [0.05, 0.1) is 12.1 Å². The maximum atomic E-state index is 12.0. The highest BCUT2D eigenvalue weighted by molar-refractivity contribution is 6.30. The first-order valence-corrected chi connectivity index (χ1v) is 6.82. The third kappa shape index (κ3) is 3.75. The lowest BCUT2D eigenvalue weighted by Gasteiger charge is -2.09. The number of anilines is 1. The van der Waals surface area contributed by atoms with E-state index in [4.69, 9.17) is 11.6 Å². The summed E-state index contributed by atoms with van der Waals surface area (Å²) in [6.45, 7) is 2.02. The van der Waals surface area contributed by atoms with Crippen molar-refractivity contribution in [3.63, 3.8) is 0 Å². The van der Waals surface area contributed by atoms with E-state index in [0.717, 1.165) is 17.5 Å². The van der Waals surface area contributed by atoms with E-state index in [9.17, 15) is 9.90 Å². The van der Waals surface area contributed by atoms with E-state index in [-0.39, 0.29) is 18.1 Å². The molecule has 104 valence electrons. The van der Waals surface area contributed by atoms with Crippen LogP contribution in [0.5, 0.6) is 5.75 Å². The Morgan fingerprint density at radius 3 is 2.45 bits per heavy atom. The molecule has 4 heteroatoms. The van der Waals surface area contributed by atoms with Crippen LogP contribution in [-0.2, 0) is 17.6 Å². The van der Waals surface area contributed by atoms with Crippen molar-refractivity contribution >= 4 is 23.2 Å². The van der Waals surface area contributed by atoms with Gasteiger partial charge >= 0.3 is 0 Å². The second kappa shape index (κ2) is 6.44. The van der Waals surface area contributed by atoms with Gasteiger partial charge in [-0.05, 0) is 41.8 Å². The summed E-state index contributed by atoms with van der Waals surface area (Å²) in [6.07, 6.45) is 1.09. The molecule has 0 spiro atoms. The number of hydrogen-bond acceptors (Lipinski definition) is 2. The number of rotatable bonds is 4. The molecular formula is C16H16ClNO2. The van der Waals surface area contributed by atoms with Crippen LogP contribution in [0, 0.1) is 0 Å². The summed E-state index contributed by atoms with van der Waals surface area (Å²) in [4.78, 5) is 12.0. The van der Waals surface area contributed by atoms with Crippen LogP contribution in [0.4, 0.5) is 5.69 Å². The number of phenolic OH excluding ortho intramolecular Hbond substituents is 1. The lowest BCUT2D eigenvalue weighted by Crippen LogP contribution is -2.14. The number of carbonyl (C=O) groups is 1. The van der Waals surface area contributed by atoms with Gasteiger partial charge in [0.1, 0.15) is 5.75 Å². The van der Waals surface area contributed by atoms with Crippen LogP contribution in [0.1, 0.15) is 18.1 Å². The van der Waals surface area contributed by atoms with E-state index in [2.05, 4.69) is 5.32 Å². The first-order chi connectivity index (χ1) is 9.58. The number of halogens is 1. The predicted octanol–water partition coefficient (Wildman–Crippen LogP) is 3.79. The molecule has 0 saturated heterocycles. The van der Waals surface area contributed by atoms with Crippen LogP contribution in [0.2, 0.25) is 5.02 Å². The fraction of sp³-hybridized carbons (Fsp3) is 0.188. The zero-order valence-corrected chi connectivity index (χ0v) is 11.9. The summed E-state index contributed by atoms with van der Waals surface area (Å²) in [5.41, 5.74) is 2.38. The van der Waals surface area contributed by atoms with Gasteiger partial charge in [-0.1, -0.05) is 36.7 Å². The van der Waals surface area contributed by atoms with Gasteiger partial charge in [-0.3, -0.25) is 4.79 Å². The average molecular weight is 290 g/mol. The van der Waals surface area contributed by atoms with Gasteiger partial charge in [0, 0.05) is 5.02 Å².